The van der Waals surface area contributed by atoms with Gasteiger partial charge in [-0.3, -0.25) is 0 Å². The topological polar surface area (TPSA) is 42.6 Å². The summed E-state index contributed by atoms with van der Waals surface area (Å²) in [5, 5.41) is 10.1. The van der Waals surface area contributed by atoms with Gasteiger partial charge in [0.15, 0.2) is 0 Å². The van der Waals surface area contributed by atoms with Gasteiger partial charge in [-0.25, -0.2) is 0 Å². The summed E-state index contributed by atoms with van der Waals surface area (Å²) in [5.74, 6) is 0.804. The zero-order chi connectivity index (χ0) is 12.3. The normalized spacial score (nSPS) is 12.4. The number of benzene rings is 1. The van der Waals surface area contributed by atoms with Crippen molar-refractivity contribution in [2.24, 2.45) is 0 Å². The average Bonchev–Trinajstić information content (AvgIpc) is 2.83. The van der Waals surface area contributed by atoms with Crippen LogP contribution in [0.25, 0.3) is 0 Å². The predicted octanol–water partition coefficient (Wildman–Crippen LogP) is 2.87. The van der Waals surface area contributed by atoms with Crippen LogP contribution in [0.2, 0.25) is 0 Å². The van der Waals surface area contributed by atoms with Gasteiger partial charge in [0, 0.05) is 12.0 Å². The minimum atomic E-state index is -0.565. The number of furan rings is 1. The molecule has 0 fully saturated rings. The second-order valence-electron chi connectivity index (χ2n) is 4.09. The summed E-state index contributed by atoms with van der Waals surface area (Å²) in [6, 6.07) is 7.72. The van der Waals surface area contributed by atoms with Gasteiger partial charge in [0.25, 0.3) is 0 Å². The largest absolute Gasteiger partial charge is 0.496 e. The number of aliphatic hydroxyl groups is 1. The Hall–Kier alpha value is -1.74. The first-order chi connectivity index (χ1) is 8.20. The smallest absolute Gasteiger partial charge is 0.122 e. The van der Waals surface area contributed by atoms with E-state index in [1.807, 2.05) is 25.1 Å². The first kappa shape index (κ1) is 11.7. The van der Waals surface area contributed by atoms with Gasteiger partial charge in [0.2, 0.25) is 0 Å². The maximum atomic E-state index is 10.1. The highest BCUT2D eigenvalue weighted by molar-refractivity contribution is 5.37. The molecule has 0 aliphatic rings. The van der Waals surface area contributed by atoms with Gasteiger partial charge < -0.3 is 14.3 Å². The highest BCUT2D eigenvalue weighted by Gasteiger charge is 2.13. The van der Waals surface area contributed by atoms with E-state index >= 15 is 0 Å². The summed E-state index contributed by atoms with van der Waals surface area (Å²) in [7, 11) is 1.64. The Morgan fingerprint density at radius 3 is 2.82 bits per heavy atom. The molecule has 0 aliphatic carbocycles. The summed E-state index contributed by atoms with van der Waals surface area (Å²) in [6.07, 6.45) is 3.08. The fraction of sp³-hybridized carbons (Fsp3) is 0.286. The molecule has 0 spiro atoms. The number of aliphatic hydroxyl groups excluding tert-OH is 1. The van der Waals surface area contributed by atoms with Crippen LogP contribution < -0.4 is 4.74 Å². The number of hydrogen-bond donors (Lipinski definition) is 1. The van der Waals surface area contributed by atoms with Crippen molar-refractivity contribution in [1.82, 2.24) is 0 Å². The Morgan fingerprint density at radius 1 is 1.35 bits per heavy atom. The monoisotopic (exact) mass is 232 g/mol. The molecule has 0 bridgehead atoms. The zero-order valence-corrected chi connectivity index (χ0v) is 10.0. The second-order valence-corrected chi connectivity index (χ2v) is 4.09. The molecule has 1 N–H and O–H groups in total. The number of aryl methyl sites for hydroxylation is 1. The minimum absolute atomic E-state index is 0.518. The molecular formula is C14H16O3. The maximum absolute atomic E-state index is 10.1. The van der Waals surface area contributed by atoms with Gasteiger partial charge in [-0.1, -0.05) is 17.7 Å². The highest BCUT2D eigenvalue weighted by Crippen LogP contribution is 2.26. The van der Waals surface area contributed by atoms with E-state index in [-0.39, 0.29) is 0 Å². The van der Waals surface area contributed by atoms with Gasteiger partial charge >= 0.3 is 0 Å². The van der Waals surface area contributed by atoms with Gasteiger partial charge in [-0.05, 0) is 24.6 Å². The molecule has 0 amide bonds. The van der Waals surface area contributed by atoms with Crippen molar-refractivity contribution < 1.29 is 14.3 Å². The molecular weight excluding hydrogens is 216 g/mol. The lowest BCUT2D eigenvalue weighted by molar-refractivity contribution is 0.176. The average molecular weight is 232 g/mol. The van der Waals surface area contributed by atoms with Gasteiger partial charge in [-0.2, -0.15) is 0 Å². The Bertz CT molecular complexity index is 474. The Morgan fingerprint density at radius 2 is 2.18 bits per heavy atom. The van der Waals surface area contributed by atoms with Crippen LogP contribution in [0.15, 0.2) is 41.2 Å². The van der Waals surface area contributed by atoms with E-state index in [1.54, 1.807) is 25.7 Å². The Labute approximate surface area is 101 Å². The predicted molar refractivity (Wildman–Crippen MR) is 65.1 cm³/mol. The first-order valence-corrected chi connectivity index (χ1v) is 5.54. The summed E-state index contributed by atoms with van der Waals surface area (Å²) in [6.45, 7) is 2.02. The van der Waals surface area contributed by atoms with Crippen LogP contribution in [0.5, 0.6) is 5.75 Å². The molecule has 90 valence electrons. The van der Waals surface area contributed by atoms with Crippen LogP contribution in [-0.2, 0) is 6.42 Å². The number of ether oxygens (including phenoxy) is 1. The summed E-state index contributed by atoms with van der Waals surface area (Å²) in [5.41, 5.74) is 2.94. The highest BCUT2D eigenvalue weighted by atomic mass is 16.5. The second kappa shape index (κ2) is 5.06. The lowest BCUT2D eigenvalue weighted by Gasteiger charge is -2.12. The van der Waals surface area contributed by atoms with Crippen LogP contribution in [0.1, 0.15) is 22.8 Å². The fourth-order valence-electron chi connectivity index (χ4n) is 1.86. The molecule has 1 heterocycles. The Kier molecular flexibility index (Phi) is 3.49. The molecule has 2 aromatic rings. The fourth-order valence-corrected chi connectivity index (χ4v) is 1.86. The molecule has 0 saturated carbocycles. The van der Waals surface area contributed by atoms with E-state index in [9.17, 15) is 5.11 Å². The molecule has 3 nitrogen and oxygen atoms in total. The van der Waals surface area contributed by atoms with Crippen molar-refractivity contribution in [2.45, 2.75) is 19.4 Å². The van der Waals surface area contributed by atoms with Crippen LogP contribution >= 0.6 is 0 Å². The van der Waals surface area contributed by atoms with E-state index in [4.69, 9.17) is 9.15 Å². The van der Waals surface area contributed by atoms with Crippen LogP contribution in [0.4, 0.5) is 0 Å². The summed E-state index contributed by atoms with van der Waals surface area (Å²) >= 11 is 0. The van der Waals surface area contributed by atoms with E-state index in [0.717, 1.165) is 22.4 Å². The van der Waals surface area contributed by atoms with Crippen LogP contribution in [0.3, 0.4) is 0 Å². The van der Waals surface area contributed by atoms with Gasteiger partial charge in [-0.15, -0.1) is 0 Å². The third kappa shape index (κ3) is 2.68. The minimum Gasteiger partial charge on any atom is -0.496 e. The van der Waals surface area contributed by atoms with E-state index in [1.165, 1.54) is 0 Å². The van der Waals surface area contributed by atoms with Crippen LogP contribution in [-0.4, -0.2) is 12.2 Å². The standard InChI is InChI=1S/C14H16O3/c1-10-3-4-14(16-2)12(7-10)8-13(15)11-5-6-17-9-11/h3-7,9,13,15H,8H2,1-2H3. The lowest BCUT2D eigenvalue weighted by atomic mass is 10.0. The first-order valence-electron chi connectivity index (χ1n) is 5.54. The SMILES string of the molecule is COc1ccc(C)cc1CC(O)c1ccoc1. The van der Waals surface area contributed by atoms with Crippen molar-refractivity contribution in [3.63, 3.8) is 0 Å². The lowest BCUT2D eigenvalue weighted by Crippen LogP contribution is -2.02. The van der Waals surface area contributed by atoms with E-state index in [0.29, 0.717) is 6.42 Å². The van der Waals surface area contributed by atoms with Crippen molar-refractivity contribution in [3.8, 4) is 5.75 Å². The summed E-state index contributed by atoms with van der Waals surface area (Å²) in [4.78, 5) is 0. The zero-order valence-electron chi connectivity index (χ0n) is 10.0. The third-order valence-electron chi connectivity index (χ3n) is 2.78. The van der Waals surface area contributed by atoms with Crippen molar-refractivity contribution >= 4 is 0 Å². The molecule has 17 heavy (non-hydrogen) atoms. The van der Waals surface area contributed by atoms with Crippen molar-refractivity contribution in [1.29, 1.82) is 0 Å². The molecule has 3 heteroatoms. The molecule has 1 atom stereocenters. The molecule has 0 aliphatic heterocycles. The van der Waals surface area contributed by atoms with Crippen LogP contribution in [0, 0.1) is 6.92 Å². The molecule has 1 aromatic heterocycles. The molecule has 1 aromatic carbocycles. The summed E-state index contributed by atoms with van der Waals surface area (Å²) < 4.78 is 10.2. The molecule has 0 saturated heterocycles. The molecule has 2 rings (SSSR count). The third-order valence-corrected chi connectivity index (χ3v) is 2.78. The quantitative estimate of drug-likeness (QED) is 0.881. The number of hydrogen-bond acceptors (Lipinski definition) is 3. The van der Waals surface area contributed by atoms with Gasteiger partial charge in [0.1, 0.15) is 5.75 Å². The number of rotatable bonds is 4. The van der Waals surface area contributed by atoms with E-state index in [2.05, 4.69) is 0 Å². The maximum Gasteiger partial charge on any atom is 0.122 e. The molecule has 0 radical (unpaired) electrons. The van der Waals surface area contributed by atoms with Crippen molar-refractivity contribution in [3.05, 3.63) is 53.5 Å². The van der Waals surface area contributed by atoms with Crippen molar-refractivity contribution in [2.75, 3.05) is 7.11 Å². The van der Waals surface area contributed by atoms with Gasteiger partial charge in [0.05, 0.1) is 25.7 Å². The van der Waals surface area contributed by atoms with E-state index < -0.39 is 6.10 Å². The molecule has 1 unspecified atom stereocenters. The Balaban J connectivity index is 2.20. The number of methoxy groups -OCH3 is 1.